The second-order valence-corrected chi connectivity index (χ2v) is 4.18. The number of benzene rings is 1. The van der Waals surface area contributed by atoms with Crippen LogP contribution in [0.25, 0.3) is 0 Å². The van der Waals surface area contributed by atoms with Gasteiger partial charge in [0, 0.05) is 12.1 Å². The molecule has 0 saturated carbocycles. The van der Waals surface area contributed by atoms with Gasteiger partial charge in [-0.15, -0.1) is 0 Å². The van der Waals surface area contributed by atoms with E-state index in [0.717, 1.165) is 6.07 Å². The number of rotatable bonds is 4. The van der Waals surface area contributed by atoms with Crippen molar-refractivity contribution in [2.24, 2.45) is 0 Å². The number of carbonyl (C=O) groups excluding carboxylic acids is 1. The summed E-state index contributed by atoms with van der Waals surface area (Å²) in [7, 11) is 1.35. The molecule has 7 heteroatoms. The number of nitrogen functional groups attached to an aromatic ring is 1. The Morgan fingerprint density at radius 2 is 2.10 bits per heavy atom. The number of nitrogens with two attached hydrogens (primary N) is 1. The van der Waals surface area contributed by atoms with Crippen molar-refractivity contribution < 1.29 is 18.3 Å². The third-order valence-electron chi connectivity index (χ3n) is 2.84. The molecule has 0 radical (unpaired) electrons. The van der Waals surface area contributed by atoms with Crippen molar-refractivity contribution in [3.05, 3.63) is 53.2 Å². The van der Waals surface area contributed by atoms with E-state index < -0.39 is 17.7 Å². The number of halogens is 2. The first-order valence-electron chi connectivity index (χ1n) is 6.04. The van der Waals surface area contributed by atoms with Gasteiger partial charge in [0.05, 0.1) is 12.7 Å². The monoisotopic (exact) mass is 293 g/mol. The number of pyridine rings is 1. The lowest BCUT2D eigenvalue weighted by atomic mass is 10.2. The topological polar surface area (TPSA) is 77.2 Å². The molecule has 1 aromatic carbocycles. The van der Waals surface area contributed by atoms with E-state index in [-0.39, 0.29) is 29.2 Å². The minimum atomic E-state index is -0.775. The fourth-order valence-electron chi connectivity index (χ4n) is 1.76. The van der Waals surface area contributed by atoms with Crippen molar-refractivity contribution in [2.45, 2.75) is 6.54 Å². The quantitative estimate of drug-likeness (QED) is 0.844. The van der Waals surface area contributed by atoms with Crippen LogP contribution in [0.1, 0.15) is 15.9 Å². The molecule has 0 bridgehead atoms. The van der Waals surface area contributed by atoms with Gasteiger partial charge < -0.3 is 15.8 Å². The van der Waals surface area contributed by atoms with Crippen LogP contribution in [0.2, 0.25) is 0 Å². The molecule has 5 nitrogen and oxygen atoms in total. The number of nitrogens with one attached hydrogen (secondary N) is 1. The Morgan fingerprint density at radius 3 is 2.76 bits per heavy atom. The maximum absolute atomic E-state index is 13.9. The van der Waals surface area contributed by atoms with Crippen molar-refractivity contribution in [1.29, 1.82) is 0 Å². The van der Waals surface area contributed by atoms with Crippen molar-refractivity contribution >= 4 is 11.7 Å². The summed E-state index contributed by atoms with van der Waals surface area (Å²) >= 11 is 0. The zero-order valence-electron chi connectivity index (χ0n) is 11.2. The van der Waals surface area contributed by atoms with Gasteiger partial charge in [-0.2, -0.15) is 4.39 Å². The zero-order valence-corrected chi connectivity index (χ0v) is 11.2. The predicted octanol–water partition coefficient (Wildman–Crippen LogP) is 1.88. The number of hydrogen-bond acceptors (Lipinski definition) is 4. The van der Waals surface area contributed by atoms with Crippen LogP contribution in [0.15, 0.2) is 30.3 Å². The molecule has 0 aliphatic heterocycles. The van der Waals surface area contributed by atoms with Crippen LogP contribution in [0.4, 0.5) is 14.6 Å². The highest BCUT2D eigenvalue weighted by Crippen LogP contribution is 2.20. The minimum Gasteiger partial charge on any atom is -0.494 e. The maximum atomic E-state index is 13.9. The SMILES string of the molecule is COc1cccc(CNC(=O)c2ccc(F)nc2N)c1F. The smallest absolute Gasteiger partial charge is 0.255 e. The van der Waals surface area contributed by atoms with E-state index in [1.165, 1.54) is 25.3 Å². The Balaban J connectivity index is 2.11. The maximum Gasteiger partial charge on any atom is 0.255 e. The Morgan fingerprint density at radius 1 is 1.33 bits per heavy atom. The van der Waals surface area contributed by atoms with E-state index in [0.29, 0.717) is 0 Å². The molecule has 0 unspecified atom stereocenters. The van der Waals surface area contributed by atoms with E-state index in [4.69, 9.17) is 10.5 Å². The Hall–Kier alpha value is -2.70. The van der Waals surface area contributed by atoms with E-state index in [1.54, 1.807) is 6.07 Å². The average molecular weight is 293 g/mol. The molecule has 1 amide bonds. The van der Waals surface area contributed by atoms with Gasteiger partial charge in [-0.25, -0.2) is 9.37 Å². The van der Waals surface area contributed by atoms with Crippen molar-refractivity contribution in [1.82, 2.24) is 10.3 Å². The van der Waals surface area contributed by atoms with Crippen molar-refractivity contribution in [2.75, 3.05) is 12.8 Å². The standard InChI is InChI=1S/C14H13F2N3O2/c1-21-10-4-2-3-8(12(10)16)7-18-14(20)9-5-6-11(15)19-13(9)17/h2-6H,7H2,1H3,(H2,17,19)(H,18,20). The van der Waals surface area contributed by atoms with Gasteiger partial charge in [-0.05, 0) is 18.2 Å². The highest BCUT2D eigenvalue weighted by atomic mass is 19.1. The molecular weight excluding hydrogens is 280 g/mol. The van der Waals surface area contributed by atoms with Crippen LogP contribution in [0.5, 0.6) is 5.75 Å². The largest absolute Gasteiger partial charge is 0.494 e. The molecule has 2 aromatic rings. The Kier molecular flexibility index (Phi) is 4.32. The van der Waals surface area contributed by atoms with Crippen LogP contribution >= 0.6 is 0 Å². The fourth-order valence-corrected chi connectivity index (χ4v) is 1.76. The van der Waals surface area contributed by atoms with Gasteiger partial charge in [-0.1, -0.05) is 12.1 Å². The van der Waals surface area contributed by atoms with E-state index in [2.05, 4.69) is 10.3 Å². The second kappa shape index (κ2) is 6.17. The van der Waals surface area contributed by atoms with Crippen LogP contribution in [-0.2, 0) is 6.54 Å². The molecule has 0 aliphatic rings. The Bertz CT molecular complexity index is 677. The van der Waals surface area contributed by atoms with E-state index in [9.17, 15) is 13.6 Å². The number of nitrogens with zero attached hydrogens (tertiary/aromatic N) is 1. The van der Waals surface area contributed by atoms with E-state index >= 15 is 0 Å². The minimum absolute atomic E-state index is 0.0275. The molecule has 110 valence electrons. The molecule has 2 rings (SSSR count). The van der Waals surface area contributed by atoms with Gasteiger partial charge in [0.25, 0.3) is 5.91 Å². The summed E-state index contributed by atoms with van der Waals surface area (Å²) in [5.74, 6) is -2.03. The molecule has 0 atom stereocenters. The van der Waals surface area contributed by atoms with E-state index in [1.807, 2.05) is 0 Å². The summed E-state index contributed by atoms with van der Waals surface area (Å²) < 4.78 is 31.6. The number of carbonyl (C=O) groups is 1. The first-order chi connectivity index (χ1) is 10.0. The number of amides is 1. The summed E-state index contributed by atoms with van der Waals surface area (Å²) in [6.07, 6.45) is 0. The van der Waals surface area contributed by atoms with Crippen LogP contribution in [0, 0.1) is 11.8 Å². The van der Waals surface area contributed by atoms with Crippen LogP contribution < -0.4 is 15.8 Å². The third kappa shape index (κ3) is 3.25. The highest BCUT2D eigenvalue weighted by Gasteiger charge is 2.13. The number of anilines is 1. The van der Waals surface area contributed by atoms with Crippen LogP contribution in [0.3, 0.4) is 0 Å². The first-order valence-corrected chi connectivity index (χ1v) is 6.04. The molecule has 0 saturated heterocycles. The highest BCUT2D eigenvalue weighted by molar-refractivity contribution is 5.98. The lowest BCUT2D eigenvalue weighted by Gasteiger charge is -2.09. The predicted molar refractivity (Wildman–Crippen MR) is 72.7 cm³/mol. The van der Waals surface area contributed by atoms with Gasteiger partial charge >= 0.3 is 0 Å². The summed E-state index contributed by atoms with van der Waals surface area (Å²) in [5, 5.41) is 2.49. The van der Waals surface area contributed by atoms with Gasteiger partial charge in [0.2, 0.25) is 5.95 Å². The second-order valence-electron chi connectivity index (χ2n) is 4.18. The number of methoxy groups -OCH3 is 1. The Labute approximate surface area is 119 Å². The van der Waals surface area contributed by atoms with Gasteiger partial charge in [-0.3, -0.25) is 4.79 Å². The van der Waals surface area contributed by atoms with Gasteiger partial charge in [0.1, 0.15) is 5.82 Å². The molecule has 0 aliphatic carbocycles. The third-order valence-corrected chi connectivity index (χ3v) is 2.84. The molecule has 1 aromatic heterocycles. The summed E-state index contributed by atoms with van der Waals surface area (Å²) in [6.45, 7) is -0.0569. The number of ether oxygens (including phenoxy) is 1. The normalized spacial score (nSPS) is 10.2. The molecular formula is C14H13F2N3O2. The van der Waals surface area contributed by atoms with Crippen molar-refractivity contribution in [3.63, 3.8) is 0 Å². The molecule has 21 heavy (non-hydrogen) atoms. The molecule has 0 fully saturated rings. The molecule has 1 heterocycles. The molecule has 3 N–H and O–H groups in total. The average Bonchev–Trinajstić information content (AvgIpc) is 2.46. The summed E-state index contributed by atoms with van der Waals surface area (Å²) in [6, 6.07) is 6.84. The summed E-state index contributed by atoms with van der Waals surface area (Å²) in [5.41, 5.74) is 5.75. The lowest BCUT2D eigenvalue weighted by molar-refractivity contribution is 0.0951. The number of hydrogen-bond donors (Lipinski definition) is 2. The summed E-state index contributed by atoms with van der Waals surface area (Å²) in [4.78, 5) is 15.3. The molecule has 0 spiro atoms. The fraction of sp³-hybridized carbons (Fsp3) is 0.143. The lowest BCUT2D eigenvalue weighted by Crippen LogP contribution is -2.24. The number of aromatic nitrogens is 1. The van der Waals surface area contributed by atoms with Gasteiger partial charge in [0.15, 0.2) is 11.6 Å². The van der Waals surface area contributed by atoms with Crippen molar-refractivity contribution in [3.8, 4) is 5.75 Å². The first kappa shape index (κ1) is 14.7. The zero-order chi connectivity index (χ0) is 15.4. The van der Waals surface area contributed by atoms with Crippen LogP contribution in [-0.4, -0.2) is 18.0 Å².